The van der Waals surface area contributed by atoms with Crippen molar-refractivity contribution in [1.82, 2.24) is 0 Å². The highest BCUT2D eigenvalue weighted by atomic mass is 32.1. The fraction of sp³-hybridized carbons (Fsp3) is 0.647. The van der Waals surface area contributed by atoms with Gasteiger partial charge in [-0.15, -0.1) is 11.3 Å². The van der Waals surface area contributed by atoms with Gasteiger partial charge in [0.2, 0.25) is 5.91 Å². The lowest BCUT2D eigenvalue weighted by Gasteiger charge is -2.08. The van der Waals surface area contributed by atoms with E-state index in [-0.39, 0.29) is 5.91 Å². The van der Waals surface area contributed by atoms with Gasteiger partial charge in [-0.25, -0.2) is 0 Å². The maximum absolute atomic E-state index is 12.0. The highest BCUT2D eigenvalue weighted by Crippen LogP contribution is 2.36. The van der Waals surface area contributed by atoms with Crippen LogP contribution in [0.4, 0.5) is 5.00 Å². The van der Waals surface area contributed by atoms with Crippen molar-refractivity contribution < 1.29 is 4.79 Å². The van der Waals surface area contributed by atoms with E-state index in [2.05, 4.69) is 18.3 Å². The second-order valence-electron chi connectivity index (χ2n) is 5.74. The van der Waals surface area contributed by atoms with Crippen molar-refractivity contribution in [3.05, 3.63) is 16.0 Å². The average molecular weight is 304 g/mol. The summed E-state index contributed by atoms with van der Waals surface area (Å²) < 4.78 is 0. The van der Waals surface area contributed by atoms with Crippen molar-refractivity contribution in [2.24, 2.45) is 0 Å². The molecule has 0 aliphatic heterocycles. The number of hydrogen-bond acceptors (Lipinski definition) is 3. The average Bonchev–Trinajstić information content (AvgIpc) is 2.75. The summed E-state index contributed by atoms with van der Waals surface area (Å²) in [5, 5.41) is 13.2. The van der Waals surface area contributed by atoms with Crippen LogP contribution in [0.3, 0.4) is 0 Å². The summed E-state index contributed by atoms with van der Waals surface area (Å²) in [6.07, 6.45) is 10.6. The molecule has 0 saturated carbocycles. The van der Waals surface area contributed by atoms with Gasteiger partial charge in [-0.2, -0.15) is 5.26 Å². The van der Waals surface area contributed by atoms with Crippen LogP contribution < -0.4 is 5.32 Å². The van der Waals surface area contributed by atoms with Crippen LogP contribution in [0.2, 0.25) is 0 Å². The fourth-order valence-electron chi connectivity index (χ4n) is 2.85. The first-order valence-corrected chi connectivity index (χ1v) is 8.92. The number of carbonyl (C=O) groups is 1. The lowest BCUT2D eigenvalue weighted by Crippen LogP contribution is -2.11. The first-order valence-electron chi connectivity index (χ1n) is 8.10. The van der Waals surface area contributed by atoms with Gasteiger partial charge in [-0.05, 0) is 37.7 Å². The van der Waals surface area contributed by atoms with E-state index in [1.54, 1.807) is 11.3 Å². The third-order valence-corrected chi connectivity index (χ3v) is 5.25. The smallest absolute Gasteiger partial charge is 0.225 e. The molecule has 0 radical (unpaired) electrons. The molecule has 21 heavy (non-hydrogen) atoms. The third kappa shape index (κ3) is 4.31. The molecule has 1 amide bonds. The number of thiophene rings is 1. The number of fused-ring (bicyclic) bond motifs is 1. The predicted octanol–water partition coefficient (Wildman–Crippen LogP) is 4.80. The van der Waals surface area contributed by atoms with E-state index in [0.717, 1.165) is 49.1 Å². The molecule has 0 bridgehead atoms. The number of nitrogens with zero attached hydrogens (tertiary/aromatic N) is 1. The number of carbonyl (C=O) groups excluding carboxylic acids is 1. The van der Waals surface area contributed by atoms with Crippen molar-refractivity contribution in [3.8, 4) is 6.07 Å². The van der Waals surface area contributed by atoms with Crippen molar-refractivity contribution in [2.75, 3.05) is 5.32 Å². The number of hydrogen-bond donors (Lipinski definition) is 1. The number of nitriles is 1. The lowest BCUT2D eigenvalue weighted by atomic mass is 9.97. The quantitative estimate of drug-likeness (QED) is 0.795. The van der Waals surface area contributed by atoms with Gasteiger partial charge in [0.15, 0.2) is 0 Å². The first kappa shape index (κ1) is 16.0. The molecular formula is C17H24N2OS. The summed E-state index contributed by atoms with van der Waals surface area (Å²) in [5.41, 5.74) is 1.92. The Labute approximate surface area is 131 Å². The zero-order valence-corrected chi connectivity index (χ0v) is 13.7. The molecule has 1 N–H and O–H groups in total. The Balaban J connectivity index is 2.10. The van der Waals surface area contributed by atoms with Gasteiger partial charge < -0.3 is 5.32 Å². The normalized spacial score (nSPS) is 14.7. The van der Waals surface area contributed by atoms with E-state index in [1.807, 2.05) is 0 Å². The minimum absolute atomic E-state index is 0.0502. The number of rotatable bonds is 5. The maximum Gasteiger partial charge on any atom is 0.225 e. The molecule has 0 unspecified atom stereocenters. The van der Waals surface area contributed by atoms with E-state index in [4.69, 9.17) is 0 Å². The zero-order chi connectivity index (χ0) is 15.1. The second-order valence-corrected chi connectivity index (χ2v) is 6.84. The number of nitrogens with one attached hydrogen (secondary N) is 1. The molecular weight excluding hydrogens is 280 g/mol. The summed E-state index contributed by atoms with van der Waals surface area (Å²) >= 11 is 1.62. The molecule has 1 aliphatic carbocycles. The fourth-order valence-corrected chi connectivity index (χ4v) is 4.11. The molecule has 0 saturated heterocycles. The highest BCUT2D eigenvalue weighted by molar-refractivity contribution is 7.16. The van der Waals surface area contributed by atoms with Gasteiger partial charge in [0.1, 0.15) is 11.1 Å². The molecule has 1 aromatic rings. The number of aryl methyl sites for hydroxylation is 1. The molecule has 4 heteroatoms. The standard InChI is InChI=1S/C17H24N2OS/c1-2-3-6-11-16(20)19-17-14(12-18)13-9-7-4-5-8-10-15(13)21-17/h2-11H2,1H3,(H,19,20). The van der Waals surface area contributed by atoms with Crippen LogP contribution in [0.25, 0.3) is 0 Å². The van der Waals surface area contributed by atoms with E-state index < -0.39 is 0 Å². The summed E-state index contributed by atoms with van der Waals surface area (Å²) in [4.78, 5) is 13.3. The minimum Gasteiger partial charge on any atom is -0.317 e. The Morgan fingerprint density at radius 2 is 2.00 bits per heavy atom. The van der Waals surface area contributed by atoms with Crippen molar-refractivity contribution >= 4 is 22.2 Å². The van der Waals surface area contributed by atoms with Gasteiger partial charge in [-0.3, -0.25) is 4.79 Å². The van der Waals surface area contributed by atoms with Crippen LogP contribution in [-0.2, 0) is 17.6 Å². The van der Waals surface area contributed by atoms with Crippen molar-refractivity contribution in [1.29, 1.82) is 5.26 Å². The van der Waals surface area contributed by atoms with Crippen molar-refractivity contribution in [2.45, 2.75) is 71.1 Å². The van der Waals surface area contributed by atoms with Crippen LogP contribution in [0.5, 0.6) is 0 Å². The zero-order valence-electron chi connectivity index (χ0n) is 12.8. The SMILES string of the molecule is CCCCCC(=O)Nc1sc2c(c1C#N)CCCCCC2. The van der Waals surface area contributed by atoms with Crippen LogP contribution in [0.15, 0.2) is 0 Å². The van der Waals surface area contributed by atoms with Crippen LogP contribution in [0, 0.1) is 11.3 Å². The van der Waals surface area contributed by atoms with Crippen LogP contribution >= 0.6 is 11.3 Å². The Kier molecular flexibility index (Phi) is 6.25. The Hall–Kier alpha value is -1.34. The molecule has 114 valence electrons. The number of unbranched alkanes of at least 4 members (excludes halogenated alkanes) is 2. The summed E-state index contributed by atoms with van der Waals surface area (Å²) in [6, 6.07) is 2.32. The maximum atomic E-state index is 12.0. The molecule has 2 rings (SSSR count). The van der Waals surface area contributed by atoms with Gasteiger partial charge in [0.25, 0.3) is 0 Å². The van der Waals surface area contributed by atoms with Gasteiger partial charge >= 0.3 is 0 Å². The van der Waals surface area contributed by atoms with E-state index in [1.165, 1.54) is 29.7 Å². The van der Waals surface area contributed by atoms with Gasteiger partial charge in [0.05, 0.1) is 5.56 Å². The topological polar surface area (TPSA) is 52.9 Å². The van der Waals surface area contributed by atoms with Gasteiger partial charge in [0, 0.05) is 11.3 Å². The van der Waals surface area contributed by atoms with Crippen LogP contribution in [0.1, 0.15) is 74.3 Å². The minimum atomic E-state index is 0.0502. The Morgan fingerprint density at radius 3 is 2.71 bits per heavy atom. The van der Waals surface area contributed by atoms with E-state index in [9.17, 15) is 10.1 Å². The van der Waals surface area contributed by atoms with E-state index in [0.29, 0.717) is 6.42 Å². The number of anilines is 1. The number of amides is 1. The second kappa shape index (κ2) is 8.19. The summed E-state index contributed by atoms with van der Waals surface area (Å²) in [6.45, 7) is 2.13. The van der Waals surface area contributed by atoms with Crippen molar-refractivity contribution in [3.63, 3.8) is 0 Å². The largest absolute Gasteiger partial charge is 0.317 e. The van der Waals surface area contributed by atoms with E-state index >= 15 is 0 Å². The molecule has 1 aromatic heterocycles. The molecule has 0 atom stereocenters. The lowest BCUT2D eigenvalue weighted by molar-refractivity contribution is -0.116. The summed E-state index contributed by atoms with van der Waals surface area (Å²) in [7, 11) is 0. The molecule has 1 aliphatic rings. The predicted molar refractivity (Wildman–Crippen MR) is 87.7 cm³/mol. The molecule has 0 aromatic carbocycles. The van der Waals surface area contributed by atoms with Gasteiger partial charge in [-0.1, -0.05) is 32.6 Å². The third-order valence-electron chi connectivity index (χ3n) is 4.04. The molecule has 0 fully saturated rings. The Bertz CT molecular complexity index is 528. The Morgan fingerprint density at radius 1 is 1.24 bits per heavy atom. The first-order chi connectivity index (χ1) is 10.3. The summed E-state index contributed by atoms with van der Waals surface area (Å²) in [5.74, 6) is 0.0502. The van der Waals surface area contributed by atoms with Crippen LogP contribution in [-0.4, -0.2) is 5.91 Å². The molecule has 0 spiro atoms. The highest BCUT2D eigenvalue weighted by Gasteiger charge is 2.20. The molecule has 3 nitrogen and oxygen atoms in total. The monoisotopic (exact) mass is 304 g/mol. The molecule has 1 heterocycles.